The van der Waals surface area contributed by atoms with Crippen LogP contribution in [0.2, 0.25) is 0 Å². The molecule has 0 spiro atoms. The van der Waals surface area contributed by atoms with Gasteiger partial charge < -0.3 is 5.73 Å². The lowest BCUT2D eigenvalue weighted by molar-refractivity contribution is 0.413. The third-order valence-corrected chi connectivity index (χ3v) is 3.55. The molecule has 0 radical (unpaired) electrons. The van der Waals surface area contributed by atoms with Crippen molar-refractivity contribution in [3.63, 3.8) is 0 Å². The summed E-state index contributed by atoms with van der Waals surface area (Å²) in [6.07, 6.45) is 0.700. The molecule has 102 valence electrons. The summed E-state index contributed by atoms with van der Waals surface area (Å²) in [5, 5.41) is 0. The number of rotatable bonds is 5. The van der Waals surface area contributed by atoms with Crippen LogP contribution in [-0.4, -0.2) is 5.75 Å². The molecule has 0 aromatic heterocycles. The molecule has 1 nitrogen and oxygen atoms in total. The summed E-state index contributed by atoms with van der Waals surface area (Å²) >= 11 is 0.779. The molecule has 0 heterocycles. The summed E-state index contributed by atoms with van der Waals surface area (Å²) in [5.74, 6) is -4.77. The van der Waals surface area contributed by atoms with Gasteiger partial charge in [-0.2, -0.15) is 0 Å². The zero-order valence-electron chi connectivity index (χ0n) is 10.2. The molecule has 0 aliphatic heterocycles. The Morgan fingerprint density at radius 3 is 1.89 bits per heavy atom. The van der Waals surface area contributed by atoms with Crippen LogP contribution in [0.15, 0.2) is 4.90 Å². The van der Waals surface area contributed by atoms with Gasteiger partial charge in [0, 0.05) is 12.1 Å². The largest absolute Gasteiger partial charge is 0.326 e. The monoisotopic (exact) mass is 281 g/mol. The Bertz CT molecular complexity index is 406. The van der Waals surface area contributed by atoms with E-state index in [1.165, 1.54) is 0 Å². The second-order valence-corrected chi connectivity index (χ2v) is 5.40. The topological polar surface area (TPSA) is 26.0 Å². The lowest BCUT2D eigenvalue weighted by Gasteiger charge is -2.11. The van der Waals surface area contributed by atoms with Crippen LogP contribution in [0.3, 0.4) is 0 Å². The van der Waals surface area contributed by atoms with Crippen LogP contribution >= 0.6 is 11.8 Å². The summed E-state index contributed by atoms with van der Waals surface area (Å²) in [7, 11) is 0. The predicted molar refractivity (Wildman–Crippen MR) is 64.3 cm³/mol. The van der Waals surface area contributed by atoms with Crippen molar-refractivity contribution < 1.29 is 17.6 Å². The average molecular weight is 281 g/mol. The van der Waals surface area contributed by atoms with Gasteiger partial charge in [0.25, 0.3) is 0 Å². The van der Waals surface area contributed by atoms with Crippen LogP contribution in [0.4, 0.5) is 17.6 Å². The van der Waals surface area contributed by atoms with Gasteiger partial charge in [-0.1, -0.05) is 13.8 Å². The number of hydrogen-bond acceptors (Lipinski definition) is 2. The summed E-state index contributed by atoms with van der Waals surface area (Å²) in [4.78, 5) is -0.608. The summed E-state index contributed by atoms with van der Waals surface area (Å²) < 4.78 is 53.9. The van der Waals surface area contributed by atoms with Crippen LogP contribution in [-0.2, 0) is 6.54 Å². The Balaban J connectivity index is 3.05. The molecule has 1 aromatic carbocycles. The van der Waals surface area contributed by atoms with Crippen molar-refractivity contribution in [2.75, 3.05) is 5.75 Å². The molecule has 0 fully saturated rings. The van der Waals surface area contributed by atoms with E-state index in [1.807, 2.05) is 13.8 Å². The molecule has 0 saturated heterocycles. The van der Waals surface area contributed by atoms with Crippen LogP contribution < -0.4 is 5.73 Å². The number of hydrogen-bond donors (Lipinski definition) is 1. The van der Waals surface area contributed by atoms with E-state index in [0.717, 1.165) is 11.8 Å². The Hall–Kier alpha value is -0.750. The fourth-order valence-electron chi connectivity index (χ4n) is 1.36. The van der Waals surface area contributed by atoms with E-state index in [0.29, 0.717) is 18.1 Å². The first kappa shape index (κ1) is 15.3. The highest BCUT2D eigenvalue weighted by Gasteiger charge is 2.24. The van der Waals surface area contributed by atoms with E-state index in [1.54, 1.807) is 0 Å². The number of benzene rings is 1. The molecule has 0 saturated carbocycles. The van der Waals surface area contributed by atoms with Crippen molar-refractivity contribution in [3.05, 3.63) is 28.8 Å². The van der Waals surface area contributed by atoms with Gasteiger partial charge >= 0.3 is 0 Å². The van der Waals surface area contributed by atoms with Gasteiger partial charge in [-0.05, 0) is 18.1 Å². The van der Waals surface area contributed by atoms with Gasteiger partial charge in [-0.3, -0.25) is 0 Å². The summed E-state index contributed by atoms with van der Waals surface area (Å²) in [5.41, 5.74) is 4.31. The van der Waals surface area contributed by atoms with E-state index in [2.05, 4.69) is 0 Å². The average Bonchev–Trinajstić information content (AvgIpc) is 2.31. The van der Waals surface area contributed by atoms with E-state index in [4.69, 9.17) is 5.73 Å². The Morgan fingerprint density at radius 1 is 1.00 bits per heavy atom. The molecule has 0 atom stereocenters. The van der Waals surface area contributed by atoms with Crippen molar-refractivity contribution in [2.24, 2.45) is 11.7 Å². The van der Waals surface area contributed by atoms with Gasteiger partial charge in [0.2, 0.25) is 0 Å². The van der Waals surface area contributed by atoms with Gasteiger partial charge in [-0.15, -0.1) is 11.8 Å². The molecule has 0 bridgehead atoms. The minimum Gasteiger partial charge on any atom is -0.326 e. The Labute approximate surface area is 108 Å². The molecule has 6 heteroatoms. The third-order valence-electron chi connectivity index (χ3n) is 2.46. The van der Waals surface area contributed by atoms with Crippen molar-refractivity contribution in [2.45, 2.75) is 31.7 Å². The van der Waals surface area contributed by atoms with E-state index < -0.39 is 40.3 Å². The molecule has 1 rings (SSSR count). The van der Waals surface area contributed by atoms with Crippen molar-refractivity contribution in [1.29, 1.82) is 0 Å². The Kier molecular flexibility index (Phi) is 5.47. The number of halogens is 4. The van der Waals surface area contributed by atoms with Crippen molar-refractivity contribution in [1.82, 2.24) is 0 Å². The lowest BCUT2D eigenvalue weighted by Crippen LogP contribution is -2.10. The first-order chi connectivity index (χ1) is 8.40. The maximum Gasteiger partial charge on any atom is 0.175 e. The van der Waals surface area contributed by atoms with Gasteiger partial charge in [0.15, 0.2) is 23.3 Å². The van der Waals surface area contributed by atoms with Crippen LogP contribution in [0, 0.1) is 29.2 Å². The minimum absolute atomic E-state index is 0.349. The van der Waals surface area contributed by atoms with E-state index >= 15 is 0 Å². The Morgan fingerprint density at radius 2 is 1.50 bits per heavy atom. The second kappa shape index (κ2) is 6.43. The predicted octanol–water partition coefficient (Wildman–Crippen LogP) is 3.84. The van der Waals surface area contributed by atoms with Crippen LogP contribution in [0.25, 0.3) is 0 Å². The first-order valence-electron chi connectivity index (χ1n) is 5.57. The number of thioether (sulfide) groups is 1. The van der Waals surface area contributed by atoms with Gasteiger partial charge in [-0.25, -0.2) is 17.6 Å². The van der Waals surface area contributed by atoms with Crippen LogP contribution in [0.5, 0.6) is 0 Å². The van der Waals surface area contributed by atoms with E-state index in [9.17, 15) is 17.6 Å². The second-order valence-electron chi connectivity index (χ2n) is 4.30. The van der Waals surface area contributed by atoms with Gasteiger partial charge in [0.1, 0.15) is 0 Å². The molecular weight excluding hydrogens is 266 g/mol. The van der Waals surface area contributed by atoms with E-state index in [-0.39, 0.29) is 0 Å². The van der Waals surface area contributed by atoms with Gasteiger partial charge in [0.05, 0.1) is 4.90 Å². The molecule has 2 N–H and O–H groups in total. The molecule has 18 heavy (non-hydrogen) atoms. The van der Waals surface area contributed by atoms with Crippen molar-refractivity contribution >= 4 is 11.8 Å². The highest BCUT2D eigenvalue weighted by Crippen LogP contribution is 2.32. The number of nitrogens with two attached hydrogens (primary N) is 1. The summed E-state index contributed by atoms with van der Waals surface area (Å²) in [6, 6.07) is 0. The maximum atomic E-state index is 13.6. The zero-order valence-corrected chi connectivity index (χ0v) is 11.0. The quantitative estimate of drug-likeness (QED) is 0.504. The fourth-order valence-corrected chi connectivity index (χ4v) is 2.59. The molecule has 0 aliphatic carbocycles. The lowest BCUT2D eigenvalue weighted by atomic mass is 10.2. The third kappa shape index (κ3) is 3.17. The zero-order chi connectivity index (χ0) is 13.9. The molecule has 0 unspecified atom stereocenters. The molecule has 0 aliphatic rings. The highest BCUT2D eigenvalue weighted by molar-refractivity contribution is 7.99. The minimum atomic E-state index is -1.40. The standard InChI is InChI=1S/C12H15F4NS/c1-6(2)3-4-18-12-10(15)8(13)7(5-17)9(14)11(12)16/h6H,3-5,17H2,1-2H3. The highest BCUT2D eigenvalue weighted by atomic mass is 32.2. The molecule has 0 amide bonds. The molecular formula is C12H15F4NS. The molecule has 1 aromatic rings. The smallest absolute Gasteiger partial charge is 0.175 e. The summed E-state index contributed by atoms with van der Waals surface area (Å²) in [6.45, 7) is 3.32. The normalized spacial score (nSPS) is 11.3. The van der Waals surface area contributed by atoms with Crippen LogP contribution in [0.1, 0.15) is 25.8 Å². The van der Waals surface area contributed by atoms with Crippen molar-refractivity contribution in [3.8, 4) is 0 Å². The first-order valence-corrected chi connectivity index (χ1v) is 6.56. The SMILES string of the molecule is CC(C)CCSc1c(F)c(F)c(CN)c(F)c1F. The maximum absolute atomic E-state index is 13.6. The fraction of sp³-hybridized carbons (Fsp3) is 0.500.